The number of fused-ring (bicyclic) bond motifs is 6. The summed E-state index contributed by atoms with van der Waals surface area (Å²) < 4.78 is 4.41. The van der Waals surface area contributed by atoms with Gasteiger partial charge in [0.2, 0.25) is 0 Å². The third-order valence-electron chi connectivity index (χ3n) is 11.4. The van der Waals surface area contributed by atoms with Crippen LogP contribution in [-0.2, 0) is 5.41 Å². The molecule has 0 unspecified atom stereocenters. The molecule has 10 rings (SSSR count). The predicted molar refractivity (Wildman–Crippen MR) is 233 cm³/mol. The van der Waals surface area contributed by atoms with Crippen LogP contribution in [0.4, 0.5) is 0 Å². The van der Waals surface area contributed by atoms with Crippen LogP contribution in [0, 0.1) is 0 Å². The molecule has 6 heterocycles. The zero-order valence-corrected chi connectivity index (χ0v) is 32.5. The predicted octanol–water partition coefficient (Wildman–Crippen LogP) is 12.1. The van der Waals surface area contributed by atoms with Crippen molar-refractivity contribution in [2.24, 2.45) is 0 Å². The summed E-state index contributed by atoms with van der Waals surface area (Å²) in [5.74, 6) is 0.567. The van der Waals surface area contributed by atoms with Gasteiger partial charge in [-0.05, 0) is 94.8 Å². The number of rotatable bonds is 8. The summed E-state index contributed by atoms with van der Waals surface area (Å²) in [4.78, 5) is 21.3. The van der Waals surface area contributed by atoms with Gasteiger partial charge in [0, 0.05) is 56.7 Å². The summed E-state index contributed by atoms with van der Waals surface area (Å²) >= 11 is 0. The van der Waals surface area contributed by atoms with Gasteiger partial charge < -0.3 is 0 Å². The van der Waals surface area contributed by atoms with Gasteiger partial charge in [0.15, 0.2) is 0 Å². The number of hydrogen-bond donors (Lipinski definition) is 0. The maximum Gasteiger partial charge on any atom is 0.147 e. The summed E-state index contributed by atoms with van der Waals surface area (Å²) in [6, 6.07) is 55.9. The molecule has 0 atom stereocenters. The highest BCUT2D eigenvalue weighted by atomic mass is 15.1. The molecule has 4 aromatic carbocycles. The van der Waals surface area contributed by atoms with Gasteiger partial charge in [0.25, 0.3) is 0 Å². The van der Waals surface area contributed by atoms with E-state index in [0.29, 0.717) is 0 Å². The number of para-hydroxylation sites is 2. The van der Waals surface area contributed by atoms with Gasteiger partial charge in [-0.15, -0.1) is 0 Å². The molecule has 0 spiro atoms. The summed E-state index contributed by atoms with van der Waals surface area (Å²) in [6.45, 7) is 8.76. The Morgan fingerprint density at radius 1 is 0.386 bits per heavy atom. The maximum atomic E-state index is 5.38. The van der Waals surface area contributed by atoms with Gasteiger partial charge in [-0.2, -0.15) is 0 Å². The average molecular weight is 739 g/mol. The quantitative estimate of drug-likeness (QED) is 0.156. The molecular formula is C51H42N6. The van der Waals surface area contributed by atoms with Crippen LogP contribution in [0.5, 0.6) is 0 Å². The van der Waals surface area contributed by atoms with E-state index in [2.05, 4.69) is 195 Å². The normalized spacial score (nSPS) is 12.2. The number of aromatic nitrogens is 6. The number of pyridine rings is 4. The molecule has 0 saturated carbocycles. The van der Waals surface area contributed by atoms with E-state index in [0.717, 1.165) is 89.2 Å². The molecule has 0 radical (unpaired) electrons. The fraction of sp³-hybridized carbons (Fsp3) is 0.137. The monoisotopic (exact) mass is 738 g/mol. The molecule has 0 aliphatic rings. The molecule has 0 aliphatic heterocycles. The molecule has 0 N–H and O–H groups in total. The molecule has 0 aliphatic carbocycles. The Balaban J connectivity index is 1.31. The van der Waals surface area contributed by atoms with Crippen LogP contribution in [0.2, 0.25) is 0 Å². The molecule has 6 nitrogen and oxygen atoms in total. The Morgan fingerprint density at radius 2 is 0.754 bits per heavy atom. The van der Waals surface area contributed by atoms with Crippen molar-refractivity contribution in [2.75, 3.05) is 0 Å². The highest BCUT2D eigenvalue weighted by Crippen LogP contribution is 2.47. The smallest absolute Gasteiger partial charge is 0.147 e. The minimum Gasteiger partial charge on any atom is -0.278 e. The lowest BCUT2D eigenvalue weighted by Crippen LogP contribution is -2.31. The highest BCUT2D eigenvalue weighted by Gasteiger charge is 2.40. The first-order valence-electron chi connectivity index (χ1n) is 19.8. The molecule has 57 heavy (non-hydrogen) atoms. The van der Waals surface area contributed by atoms with Crippen molar-refractivity contribution in [2.45, 2.75) is 44.9 Å². The zero-order valence-electron chi connectivity index (χ0n) is 32.5. The second-order valence-electron chi connectivity index (χ2n) is 15.5. The topological polar surface area (TPSA) is 61.4 Å². The van der Waals surface area contributed by atoms with E-state index in [1.165, 1.54) is 0 Å². The Labute approximate surface area is 332 Å². The van der Waals surface area contributed by atoms with E-state index >= 15 is 0 Å². The Bertz CT molecular complexity index is 2850. The van der Waals surface area contributed by atoms with Gasteiger partial charge in [-0.25, -0.2) is 19.9 Å². The van der Waals surface area contributed by atoms with Crippen molar-refractivity contribution in [3.05, 3.63) is 204 Å². The molecule has 0 amide bonds. The Hall–Kier alpha value is -6.92. The first-order valence-corrected chi connectivity index (χ1v) is 19.8. The van der Waals surface area contributed by atoms with Crippen molar-refractivity contribution < 1.29 is 0 Å². The molecule has 0 saturated heterocycles. The largest absolute Gasteiger partial charge is 0.278 e. The van der Waals surface area contributed by atoms with E-state index < -0.39 is 5.41 Å². The standard InChI is InChI=1S/C51H42N6/c1-33(2)45-27-25-41-43-29-37(31-52-47(43)56(49(41)54-45)39-21-13-7-14-22-39)51(35-17-9-5-10-18-35,36-19-11-6-12-20-36)38-30-44-42-26-28-46(34(3)4)55-50(42)57(48(44)53-32-38)40-23-15-8-16-24-40/h5-34H,1-4H3. The minimum atomic E-state index is -0.788. The van der Waals surface area contributed by atoms with E-state index in [1.807, 2.05) is 12.1 Å². The summed E-state index contributed by atoms with van der Waals surface area (Å²) in [6.07, 6.45) is 4.13. The molecule has 6 aromatic heterocycles. The summed E-state index contributed by atoms with van der Waals surface area (Å²) in [5.41, 5.74) is 11.3. The molecule has 0 fully saturated rings. The summed E-state index contributed by atoms with van der Waals surface area (Å²) in [7, 11) is 0. The molecular weight excluding hydrogens is 697 g/mol. The summed E-state index contributed by atoms with van der Waals surface area (Å²) in [5, 5.41) is 4.22. The van der Waals surface area contributed by atoms with Crippen molar-refractivity contribution in [3.63, 3.8) is 0 Å². The molecule has 6 heteroatoms. The Morgan fingerprint density at radius 3 is 1.12 bits per heavy atom. The first kappa shape index (κ1) is 34.6. The highest BCUT2D eigenvalue weighted by molar-refractivity contribution is 6.08. The van der Waals surface area contributed by atoms with Crippen molar-refractivity contribution in [1.29, 1.82) is 0 Å². The maximum absolute atomic E-state index is 5.38. The van der Waals surface area contributed by atoms with Gasteiger partial charge in [0.05, 0.1) is 5.41 Å². The molecule has 0 bridgehead atoms. The van der Waals surface area contributed by atoms with Gasteiger partial charge in [-0.3, -0.25) is 9.13 Å². The number of hydrogen-bond acceptors (Lipinski definition) is 4. The first-order chi connectivity index (χ1) is 27.9. The lowest BCUT2D eigenvalue weighted by Gasteiger charge is -2.36. The zero-order chi connectivity index (χ0) is 38.7. The second kappa shape index (κ2) is 13.7. The van der Waals surface area contributed by atoms with Crippen LogP contribution in [-0.4, -0.2) is 29.1 Å². The van der Waals surface area contributed by atoms with Crippen LogP contribution in [0.15, 0.2) is 170 Å². The van der Waals surface area contributed by atoms with Crippen LogP contribution in [0.25, 0.3) is 55.5 Å². The van der Waals surface area contributed by atoms with Gasteiger partial charge in [0.1, 0.15) is 22.6 Å². The second-order valence-corrected chi connectivity index (χ2v) is 15.5. The fourth-order valence-corrected chi connectivity index (χ4v) is 8.63. The number of benzene rings is 4. The lowest BCUT2D eigenvalue weighted by molar-refractivity contribution is 0.739. The van der Waals surface area contributed by atoms with E-state index in [1.54, 1.807) is 0 Å². The fourth-order valence-electron chi connectivity index (χ4n) is 8.63. The van der Waals surface area contributed by atoms with E-state index in [9.17, 15) is 0 Å². The lowest BCUT2D eigenvalue weighted by atomic mass is 9.65. The van der Waals surface area contributed by atoms with Gasteiger partial charge in [-0.1, -0.05) is 125 Å². The SMILES string of the molecule is CC(C)c1ccc2c3cc(C(c4ccccc4)(c4ccccc4)c4cnc5c(c4)c4ccc(C(C)C)nc4n5-c4ccccc4)cnc3n(-c3ccccc3)c2n1. The van der Waals surface area contributed by atoms with Crippen LogP contribution < -0.4 is 0 Å². The van der Waals surface area contributed by atoms with Gasteiger partial charge >= 0.3 is 0 Å². The molecule has 10 aromatic rings. The van der Waals surface area contributed by atoms with Crippen LogP contribution >= 0.6 is 0 Å². The minimum absolute atomic E-state index is 0.284. The van der Waals surface area contributed by atoms with E-state index in [4.69, 9.17) is 19.9 Å². The van der Waals surface area contributed by atoms with Crippen LogP contribution in [0.3, 0.4) is 0 Å². The van der Waals surface area contributed by atoms with Crippen molar-refractivity contribution >= 4 is 44.1 Å². The van der Waals surface area contributed by atoms with Crippen molar-refractivity contribution in [3.8, 4) is 11.4 Å². The Kier molecular flexibility index (Phi) is 8.29. The third-order valence-corrected chi connectivity index (χ3v) is 11.4. The van der Waals surface area contributed by atoms with Crippen molar-refractivity contribution in [1.82, 2.24) is 29.1 Å². The molecule has 276 valence electrons. The average Bonchev–Trinajstić information content (AvgIpc) is 3.77. The third kappa shape index (κ3) is 5.47. The van der Waals surface area contributed by atoms with Crippen LogP contribution in [0.1, 0.15) is 73.2 Å². The number of nitrogens with zero attached hydrogens (tertiary/aromatic N) is 6. The van der Waals surface area contributed by atoms with E-state index in [-0.39, 0.29) is 11.8 Å².